The maximum atomic E-state index is 6.06. The van der Waals surface area contributed by atoms with Crippen LogP contribution in [0.1, 0.15) is 51.4 Å². The molecule has 0 aliphatic rings. The summed E-state index contributed by atoms with van der Waals surface area (Å²) in [6, 6.07) is 0.0787. The highest BCUT2D eigenvalue weighted by molar-refractivity contribution is 7.09. The molecular weight excluding hydrogens is 204 g/mol. The maximum Gasteiger partial charge on any atom is 0.0934 e. The Kier molecular flexibility index (Phi) is 3.90. The minimum atomic E-state index is 0.0787. The Morgan fingerprint density at radius 1 is 1.40 bits per heavy atom. The lowest BCUT2D eigenvalue weighted by Crippen LogP contribution is -2.17. The van der Waals surface area contributed by atoms with E-state index in [1.54, 1.807) is 11.3 Å². The van der Waals surface area contributed by atoms with Gasteiger partial charge in [0.1, 0.15) is 0 Å². The quantitative estimate of drug-likeness (QED) is 0.858. The SMILES string of the molecule is CC(C)C(N)c1csc(CC(C)(C)C)n1. The fourth-order valence-electron chi connectivity index (χ4n) is 1.35. The molecular formula is C12H22N2S. The maximum absolute atomic E-state index is 6.06. The number of nitrogens with zero attached hydrogens (tertiary/aromatic N) is 1. The molecule has 1 aromatic heterocycles. The van der Waals surface area contributed by atoms with Crippen molar-refractivity contribution in [2.75, 3.05) is 0 Å². The van der Waals surface area contributed by atoms with Crippen LogP contribution in [0.4, 0.5) is 0 Å². The smallest absolute Gasteiger partial charge is 0.0934 e. The first-order chi connectivity index (χ1) is 6.79. The third-order valence-electron chi connectivity index (χ3n) is 2.31. The molecule has 0 saturated heterocycles. The summed E-state index contributed by atoms with van der Waals surface area (Å²) < 4.78 is 0. The molecule has 86 valence electrons. The minimum Gasteiger partial charge on any atom is -0.322 e. The van der Waals surface area contributed by atoms with Crippen molar-refractivity contribution < 1.29 is 0 Å². The molecule has 1 rings (SSSR count). The van der Waals surface area contributed by atoms with Crippen molar-refractivity contribution in [3.8, 4) is 0 Å². The number of thiazole rings is 1. The first-order valence-corrected chi connectivity index (χ1v) is 6.37. The van der Waals surface area contributed by atoms with E-state index in [2.05, 4.69) is 45.0 Å². The van der Waals surface area contributed by atoms with Gasteiger partial charge in [-0.25, -0.2) is 4.98 Å². The lowest BCUT2D eigenvalue weighted by atomic mass is 9.93. The number of hydrogen-bond acceptors (Lipinski definition) is 3. The Labute approximate surface area is 96.9 Å². The third-order valence-corrected chi connectivity index (χ3v) is 3.18. The van der Waals surface area contributed by atoms with Gasteiger partial charge in [0.2, 0.25) is 0 Å². The van der Waals surface area contributed by atoms with Gasteiger partial charge in [0.15, 0.2) is 0 Å². The summed E-state index contributed by atoms with van der Waals surface area (Å²) in [4.78, 5) is 4.61. The molecule has 3 heteroatoms. The minimum absolute atomic E-state index is 0.0787. The van der Waals surface area contributed by atoms with Crippen LogP contribution in [0.15, 0.2) is 5.38 Å². The van der Waals surface area contributed by atoms with Gasteiger partial charge < -0.3 is 5.73 Å². The first kappa shape index (κ1) is 12.7. The number of nitrogens with two attached hydrogens (primary N) is 1. The molecule has 0 aliphatic heterocycles. The Morgan fingerprint density at radius 2 is 2.00 bits per heavy atom. The van der Waals surface area contributed by atoms with Gasteiger partial charge in [-0.15, -0.1) is 11.3 Å². The van der Waals surface area contributed by atoms with Crippen molar-refractivity contribution in [3.63, 3.8) is 0 Å². The fourth-order valence-corrected chi connectivity index (χ4v) is 2.50. The molecule has 0 bridgehead atoms. The second-order valence-corrected chi connectivity index (χ2v) is 6.62. The lowest BCUT2D eigenvalue weighted by Gasteiger charge is -2.16. The molecule has 1 atom stereocenters. The zero-order chi connectivity index (χ0) is 11.6. The molecule has 0 radical (unpaired) electrons. The predicted molar refractivity (Wildman–Crippen MR) is 67.0 cm³/mol. The normalized spacial score (nSPS) is 14.6. The van der Waals surface area contributed by atoms with Gasteiger partial charge in [0.05, 0.1) is 16.7 Å². The topological polar surface area (TPSA) is 38.9 Å². The van der Waals surface area contributed by atoms with Crippen molar-refractivity contribution in [2.45, 2.75) is 47.1 Å². The van der Waals surface area contributed by atoms with Crippen LogP contribution < -0.4 is 5.73 Å². The van der Waals surface area contributed by atoms with Gasteiger partial charge in [0, 0.05) is 11.8 Å². The Morgan fingerprint density at radius 3 is 2.47 bits per heavy atom. The summed E-state index contributed by atoms with van der Waals surface area (Å²) in [6.45, 7) is 11.0. The molecule has 0 aliphatic carbocycles. The van der Waals surface area contributed by atoms with Crippen molar-refractivity contribution in [3.05, 3.63) is 16.1 Å². The molecule has 1 aromatic rings. The van der Waals surface area contributed by atoms with Crippen molar-refractivity contribution in [1.82, 2.24) is 4.98 Å². The van der Waals surface area contributed by atoms with Crippen molar-refractivity contribution >= 4 is 11.3 Å². The number of aromatic nitrogens is 1. The van der Waals surface area contributed by atoms with E-state index in [9.17, 15) is 0 Å². The molecule has 2 nitrogen and oxygen atoms in total. The molecule has 0 spiro atoms. The van der Waals surface area contributed by atoms with Crippen LogP contribution in [0.25, 0.3) is 0 Å². The molecule has 0 aromatic carbocycles. The molecule has 0 fully saturated rings. The van der Waals surface area contributed by atoms with E-state index >= 15 is 0 Å². The fraction of sp³-hybridized carbons (Fsp3) is 0.750. The van der Waals surface area contributed by atoms with Crippen LogP contribution in [-0.4, -0.2) is 4.98 Å². The Balaban J connectivity index is 2.72. The van der Waals surface area contributed by atoms with Crippen LogP contribution in [-0.2, 0) is 6.42 Å². The highest BCUT2D eigenvalue weighted by Gasteiger charge is 2.17. The van der Waals surface area contributed by atoms with Gasteiger partial charge in [-0.2, -0.15) is 0 Å². The molecule has 15 heavy (non-hydrogen) atoms. The standard InChI is InChI=1S/C12H22N2S/c1-8(2)11(13)9-7-15-10(14-9)6-12(3,4)5/h7-8,11H,6,13H2,1-5H3. The van der Waals surface area contributed by atoms with E-state index < -0.39 is 0 Å². The highest BCUT2D eigenvalue weighted by atomic mass is 32.1. The van der Waals surface area contributed by atoms with Crippen LogP contribution >= 0.6 is 11.3 Å². The predicted octanol–water partition coefficient (Wildman–Crippen LogP) is 3.39. The Hall–Kier alpha value is -0.410. The van der Waals surface area contributed by atoms with Gasteiger partial charge in [-0.3, -0.25) is 0 Å². The van der Waals surface area contributed by atoms with E-state index in [0.717, 1.165) is 12.1 Å². The summed E-state index contributed by atoms with van der Waals surface area (Å²) in [5, 5.41) is 3.31. The summed E-state index contributed by atoms with van der Waals surface area (Å²) in [5.74, 6) is 0.453. The summed E-state index contributed by atoms with van der Waals surface area (Å²) in [6.07, 6.45) is 1.03. The van der Waals surface area contributed by atoms with E-state index in [-0.39, 0.29) is 6.04 Å². The van der Waals surface area contributed by atoms with Crippen LogP contribution in [0.3, 0.4) is 0 Å². The molecule has 1 unspecified atom stereocenters. The first-order valence-electron chi connectivity index (χ1n) is 5.49. The van der Waals surface area contributed by atoms with Crippen LogP contribution in [0.2, 0.25) is 0 Å². The number of rotatable bonds is 3. The second kappa shape index (κ2) is 4.62. The molecule has 0 saturated carbocycles. The highest BCUT2D eigenvalue weighted by Crippen LogP contribution is 2.26. The van der Waals surface area contributed by atoms with Crippen molar-refractivity contribution in [2.24, 2.45) is 17.1 Å². The average molecular weight is 226 g/mol. The summed E-state index contributed by atoms with van der Waals surface area (Å²) in [5.41, 5.74) is 7.41. The van der Waals surface area contributed by atoms with Crippen LogP contribution in [0.5, 0.6) is 0 Å². The second-order valence-electron chi connectivity index (χ2n) is 5.67. The van der Waals surface area contributed by atoms with Gasteiger partial charge in [-0.1, -0.05) is 34.6 Å². The van der Waals surface area contributed by atoms with Gasteiger partial charge in [-0.05, 0) is 11.3 Å². The van der Waals surface area contributed by atoms with E-state index in [1.165, 1.54) is 5.01 Å². The van der Waals surface area contributed by atoms with E-state index in [0.29, 0.717) is 11.3 Å². The summed E-state index contributed by atoms with van der Waals surface area (Å²) >= 11 is 1.73. The lowest BCUT2D eigenvalue weighted by molar-refractivity contribution is 0.409. The largest absolute Gasteiger partial charge is 0.322 e. The zero-order valence-corrected chi connectivity index (χ0v) is 11.2. The molecule has 2 N–H and O–H groups in total. The van der Waals surface area contributed by atoms with E-state index in [4.69, 9.17) is 5.73 Å². The summed E-state index contributed by atoms with van der Waals surface area (Å²) in [7, 11) is 0. The average Bonchev–Trinajstić information content (AvgIpc) is 2.48. The monoisotopic (exact) mass is 226 g/mol. The molecule has 0 amide bonds. The third kappa shape index (κ3) is 3.92. The van der Waals surface area contributed by atoms with Gasteiger partial charge >= 0.3 is 0 Å². The van der Waals surface area contributed by atoms with Crippen molar-refractivity contribution in [1.29, 1.82) is 0 Å². The molecule has 1 heterocycles. The Bertz CT molecular complexity index is 310. The zero-order valence-electron chi connectivity index (χ0n) is 10.4. The van der Waals surface area contributed by atoms with Gasteiger partial charge in [0.25, 0.3) is 0 Å². The number of hydrogen-bond donors (Lipinski definition) is 1. The van der Waals surface area contributed by atoms with E-state index in [1.807, 2.05) is 0 Å². The van der Waals surface area contributed by atoms with Crippen LogP contribution in [0, 0.1) is 11.3 Å².